The highest BCUT2D eigenvalue weighted by Gasteiger charge is 2.15. The van der Waals surface area contributed by atoms with Crippen LogP contribution in [0.5, 0.6) is 5.75 Å². The Bertz CT molecular complexity index is 859. The number of hydrogen-bond acceptors (Lipinski definition) is 5. The molecule has 0 saturated heterocycles. The van der Waals surface area contributed by atoms with E-state index in [0.29, 0.717) is 11.3 Å². The first-order valence-electron chi connectivity index (χ1n) is 8.73. The van der Waals surface area contributed by atoms with E-state index in [1.807, 2.05) is 32.0 Å². The molecule has 2 rings (SSSR count). The molecule has 0 bridgehead atoms. The van der Waals surface area contributed by atoms with Crippen LogP contribution < -0.4 is 10.1 Å². The maximum absolute atomic E-state index is 12.3. The van der Waals surface area contributed by atoms with E-state index in [1.165, 1.54) is 25.1 Å². The van der Waals surface area contributed by atoms with Gasteiger partial charge in [-0.1, -0.05) is 24.3 Å². The van der Waals surface area contributed by atoms with Crippen molar-refractivity contribution in [1.29, 1.82) is 0 Å². The van der Waals surface area contributed by atoms with Crippen molar-refractivity contribution >= 4 is 23.5 Å². The summed E-state index contributed by atoms with van der Waals surface area (Å²) in [7, 11) is 2.82. The molecule has 2 aromatic rings. The fourth-order valence-electron chi connectivity index (χ4n) is 2.58. The molecule has 0 atom stereocenters. The van der Waals surface area contributed by atoms with Crippen LogP contribution in [0.4, 0.5) is 5.69 Å². The van der Waals surface area contributed by atoms with Gasteiger partial charge in [0.1, 0.15) is 5.75 Å². The molecular formula is C21H24N2O5. The second-order valence-electron chi connectivity index (χ2n) is 6.37. The van der Waals surface area contributed by atoms with Crippen LogP contribution in [0.15, 0.2) is 42.5 Å². The quantitative estimate of drug-likeness (QED) is 0.742. The van der Waals surface area contributed by atoms with Crippen molar-refractivity contribution in [3.05, 3.63) is 59.2 Å². The number of amides is 2. The number of carbonyl (C=O) groups excluding carboxylic acids is 3. The maximum atomic E-state index is 12.3. The zero-order chi connectivity index (χ0) is 20.7. The lowest BCUT2D eigenvalue weighted by Crippen LogP contribution is -2.37. The van der Waals surface area contributed by atoms with E-state index < -0.39 is 5.97 Å². The lowest BCUT2D eigenvalue weighted by atomic mass is 10.1. The van der Waals surface area contributed by atoms with Gasteiger partial charge in [-0.15, -0.1) is 0 Å². The topological polar surface area (TPSA) is 84.9 Å². The summed E-state index contributed by atoms with van der Waals surface area (Å²) >= 11 is 0. The van der Waals surface area contributed by atoms with Gasteiger partial charge in [-0.3, -0.25) is 9.59 Å². The van der Waals surface area contributed by atoms with Crippen LogP contribution in [0.3, 0.4) is 0 Å². The number of methoxy groups -OCH3 is 1. The van der Waals surface area contributed by atoms with Crippen molar-refractivity contribution in [3.63, 3.8) is 0 Å². The molecule has 0 unspecified atom stereocenters. The zero-order valence-corrected chi connectivity index (χ0v) is 16.4. The molecule has 0 aliphatic rings. The molecule has 0 aromatic heterocycles. The lowest BCUT2D eigenvalue weighted by Gasteiger charge is -2.18. The fraction of sp³-hybridized carbons (Fsp3) is 0.286. The Balaban J connectivity index is 1.89. The summed E-state index contributed by atoms with van der Waals surface area (Å²) in [5.41, 5.74) is 2.99. The number of benzene rings is 2. The monoisotopic (exact) mass is 384 g/mol. The highest BCUT2D eigenvalue weighted by Crippen LogP contribution is 2.19. The number of nitrogens with zero attached hydrogens (tertiary/aromatic N) is 1. The number of rotatable bonds is 7. The van der Waals surface area contributed by atoms with Crippen molar-refractivity contribution in [1.82, 2.24) is 4.90 Å². The molecule has 0 aliphatic carbocycles. The number of nitrogens with one attached hydrogen (secondary N) is 1. The third kappa shape index (κ3) is 5.57. The lowest BCUT2D eigenvalue weighted by molar-refractivity contribution is -0.135. The number of hydrogen-bond donors (Lipinski definition) is 1. The van der Waals surface area contributed by atoms with Gasteiger partial charge in [0.2, 0.25) is 5.91 Å². The summed E-state index contributed by atoms with van der Waals surface area (Å²) in [5, 5.41) is 2.84. The summed E-state index contributed by atoms with van der Waals surface area (Å²) in [6.45, 7) is 3.47. The molecule has 0 fully saturated rings. The Kier molecular flexibility index (Phi) is 7.14. The van der Waals surface area contributed by atoms with Crippen molar-refractivity contribution < 1.29 is 23.9 Å². The highest BCUT2D eigenvalue weighted by molar-refractivity contribution is 5.95. The van der Waals surface area contributed by atoms with Gasteiger partial charge in [0.25, 0.3) is 5.91 Å². The van der Waals surface area contributed by atoms with E-state index in [4.69, 9.17) is 4.74 Å². The minimum atomic E-state index is -0.489. The van der Waals surface area contributed by atoms with E-state index in [1.54, 1.807) is 18.2 Å². The van der Waals surface area contributed by atoms with Gasteiger partial charge in [-0.2, -0.15) is 0 Å². The Morgan fingerprint density at radius 3 is 2.32 bits per heavy atom. The van der Waals surface area contributed by atoms with Gasteiger partial charge in [0, 0.05) is 12.7 Å². The maximum Gasteiger partial charge on any atom is 0.337 e. The van der Waals surface area contributed by atoms with Crippen LogP contribution in [0.1, 0.15) is 21.5 Å². The second-order valence-corrected chi connectivity index (χ2v) is 6.37. The normalized spacial score (nSPS) is 10.1. The number of anilines is 1. The zero-order valence-electron chi connectivity index (χ0n) is 16.4. The molecule has 28 heavy (non-hydrogen) atoms. The Labute approximate surface area is 164 Å². The van der Waals surface area contributed by atoms with Gasteiger partial charge in [0.05, 0.1) is 19.2 Å². The van der Waals surface area contributed by atoms with Gasteiger partial charge in [-0.25, -0.2) is 4.79 Å². The molecular weight excluding hydrogens is 360 g/mol. The molecule has 148 valence electrons. The summed E-state index contributed by atoms with van der Waals surface area (Å²) < 4.78 is 10.1. The smallest absolute Gasteiger partial charge is 0.337 e. The fourth-order valence-corrected chi connectivity index (χ4v) is 2.58. The van der Waals surface area contributed by atoms with Crippen molar-refractivity contribution in [3.8, 4) is 5.75 Å². The number of esters is 1. The number of para-hydroxylation sites is 1. The molecule has 1 N–H and O–H groups in total. The minimum absolute atomic E-state index is 0.0990. The van der Waals surface area contributed by atoms with Crippen molar-refractivity contribution in [2.24, 2.45) is 0 Å². The second kappa shape index (κ2) is 9.55. The number of likely N-dealkylation sites (N-methyl/N-ethyl adjacent to an activating group) is 1. The van der Waals surface area contributed by atoms with E-state index >= 15 is 0 Å². The number of ether oxygens (including phenoxy) is 2. The minimum Gasteiger partial charge on any atom is -0.484 e. The first-order valence-corrected chi connectivity index (χ1v) is 8.73. The first kappa shape index (κ1) is 21.0. The van der Waals surface area contributed by atoms with Gasteiger partial charge in [0.15, 0.2) is 6.61 Å². The summed E-state index contributed by atoms with van der Waals surface area (Å²) in [6.07, 6.45) is 0. The van der Waals surface area contributed by atoms with E-state index in [9.17, 15) is 14.4 Å². The molecule has 7 nitrogen and oxygen atoms in total. The largest absolute Gasteiger partial charge is 0.484 e. The SMILES string of the molecule is COC(=O)c1cccc(OCC(=O)N(C)CC(=O)Nc2c(C)cccc2C)c1. The van der Waals surface area contributed by atoms with E-state index in [2.05, 4.69) is 10.1 Å². The van der Waals surface area contributed by atoms with Crippen molar-refractivity contribution in [2.45, 2.75) is 13.8 Å². The molecule has 2 amide bonds. The highest BCUT2D eigenvalue weighted by atomic mass is 16.5. The van der Waals surface area contributed by atoms with Crippen LogP contribution in [-0.4, -0.2) is 50.0 Å². The third-order valence-electron chi connectivity index (χ3n) is 4.17. The summed E-state index contributed by atoms with van der Waals surface area (Å²) in [5.74, 6) is -0.775. The van der Waals surface area contributed by atoms with Crippen LogP contribution in [0, 0.1) is 13.8 Å². The van der Waals surface area contributed by atoms with Crippen LogP contribution >= 0.6 is 0 Å². The predicted octanol–water partition coefficient (Wildman–Crippen LogP) is 2.57. The van der Waals surface area contributed by atoms with Gasteiger partial charge in [-0.05, 0) is 43.2 Å². The number of aryl methyl sites for hydroxylation is 2. The van der Waals surface area contributed by atoms with E-state index in [-0.39, 0.29) is 25.0 Å². The van der Waals surface area contributed by atoms with Gasteiger partial charge >= 0.3 is 5.97 Å². The molecule has 2 aromatic carbocycles. The average molecular weight is 384 g/mol. The van der Waals surface area contributed by atoms with Crippen molar-refractivity contribution in [2.75, 3.05) is 32.6 Å². The average Bonchev–Trinajstić information content (AvgIpc) is 2.68. The predicted molar refractivity (Wildman–Crippen MR) is 105 cm³/mol. The summed E-state index contributed by atoms with van der Waals surface area (Å²) in [4.78, 5) is 37.3. The Morgan fingerprint density at radius 1 is 1.04 bits per heavy atom. The van der Waals surface area contributed by atoms with Crippen LogP contribution in [-0.2, 0) is 14.3 Å². The number of carbonyl (C=O) groups is 3. The molecule has 0 spiro atoms. The van der Waals surface area contributed by atoms with Crippen LogP contribution in [0.2, 0.25) is 0 Å². The molecule has 0 saturated carbocycles. The molecule has 7 heteroatoms. The summed E-state index contributed by atoms with van der Waals surface area (Å²) in [6, 6.07) is 12.1. The van der Waals surface area contributed by atoms with E-state index in [0.717, 1.165) is 16.8 Å². The molecule has 0 radical (unpaired) electrons. The standard InChI is InChI=1S/C21H24N2O5/c1-14-7-5-8-15(2)20(14)22-18(24)12-23(3)19(25)13-28-17-10-6-9-16(11-17)21(26)27-4/h5-11H,12-13H2,1-4H3,(H,22,24). The first-order chi connectivity index (χ1) is 13.3. The van der Waals surface area contributed by atoms with Crippen LogP contribution in [0.25, 0.3) is 0 Å². The van der Waals surface area contributed by atoms with Gasteiger partial charge < -0.3 is 19.7 Å². The Hall–Kier alpha value is -3.35. The molecule has 0 heterocycles. The Morgan fingerprint density at radius 2 is 1.68 bits per heavy atom. The third-order valence-corrected chi connectivity index (χ3v) is 4.17. The molecule has 0 aliphatic heterocycles.